The van der Waals surface area contributed by atoms with Gasteiger partial charge in [0.15, 0.2) is 0 Å². The van der Waals surface area contributed by atoms with E-state index in [9.17, 15) is 0 Å². The van der Waals surface area contributed by atoms with Crippen LogP contribution in [-0.4, -0.2) is 0 Å². The molecule has 15 heavy (non-hydrogen) atoms. The van der Waals surface area contributed by atoms with E-state index >= 15 is 0 Å². The maximum absolute atomic E-state index is 5.79. The van der Waals surface area contributed by atoms with Crippen LogP contribution in [0, 0.1) is 0 Å². The fourth-order valence-electron chi connectivity index (χ4n) is 1.72. The molecular formula is C14H19N. The molecule has 0 aromatic heterocycles. The molecule has 0 saturated heterocycles. The summed E-state index contributed by atoms with van der Waals surface area (Å²) in [5.41, 5.74) is 9.97. The predicted octanol–water partition coefficient (Wildman–Crippen LogP) is 3.77. The van der Waals surface area contributed by atoms with Gasteiger partial charge in [-0.25, -0.2) is 0 Å². The first-order valence-corrected chi connectivity index (χ1v) is 5.28. The molecule has 0 aliphatic heterocycles. The summed E-state index contributed by atoms with van der Waals surface area (Å²) in [4.78, 5) is 0. The molecule has 0 bridgehead atoms. The highest BCUT2D eigenvalue weighted by Crippen LogP contribution is 2.26. The Kier molecular flexibility index (Phi) is 3.73. The first-order chi connectivity index (χ1) is 7.07. The van der Waals surface area contributed by atoms with Crippen LogP contribution in [0.1, 0.15) is 43.4 Å². The average Bonchev–Trinajstić information content (AvgIpc) is 2.17. The standard InChI is InChI=1S/C14H19N/c1-5-7-14-12(10(2)3)8-6-9-13(14)11(4)15/h5-10H,4,15H2,1-3H3/b7-5-. The van der Waals surface area contributed by atoms with E-state index in [4.69, 9.17) is 5.73 Å². The Labute approximate surface area is 92.3 Å². The summed E-state index contributed by atoms with van der Waals surface area (Å²) in [6, 6.07) is 6.20. The number of allylic oxidation sites excluding steroid dienone is 1. The number of hydrogen-bond acceptors (Lipinski definition) is 1. The molecule has 1 aromatic rings. The minimum absolute atomic E-state index is 0.496. The Morgan fingerprint density at radius 3 is 2.53 bits per heavy atom. The smallest absolute Gasteiger partial charge is 0.0320 e. The van der Waals surface area contributed by atoms with Crippen molar-refractivity contribution in [2.45, 2.75) is 26.7 Å². The lowest BCUT2D eigenvalue weighted by molar-refractivity contribution is 0.863. The third-order valence-corrected chi connectivity index (χ3v) is 2.44. The zero-order chi connectivity index (χ0) is 11.4. The summed E-state index contributed by atoms with van der Waals surface area (Å²) < 4.78 is 0. The summed E-state index contributed by atoms with van der Waals surface area (Å²) in [7, 11) is 0. The van der Waals surface area contributed by atoms with Crippen LogP contribution in [0.3, 0.4) is 0 Å². The van der Waals surface area contributed by atoms with Crippen molar-refractivity contribution in [3.8, 4) is 0 Å². The van der Waals surface area contributed by atoms with Crippen molar-refractivity contribution in [1.29, 1.82) is 0 Å². The number of hydrogen-bond donors (Lipinski definition) is 1. The summed E-state index contributed by atoms with van der Waals surface area (Å²) >= 11 is 0. The highest BCUT2D eigenvalue weighted by molar-refractivity contribution is 5.73. The summed E-state index contributed by atoms with van der Waals surface area (Å²) in [5, 5.41) is 0. The maximum Gasteiger partial charge on any atom is 0.0320 e. The van der Waals surface area contributed by atoms with Crippen molar-refractivity contribution in [2.24, 2.45) is 5.73 Å². The van der Waals surface area contributed by atoms with E-state index in [0.29, 0.717) is 11.6 Å². The van der Waals surface area contributed by atoms with Gasteiger partial charge in [0.25, 0.3) is 0 Å². The van der Waals surface area contributed by atoms with Crippen molar-refractivity contribution in [1.82, 2.24) is 0 Å². The molecule has 1 rings (SSSR count). The quantitative estimate of drug-likeness (QED) is 0.791. The molecular weight excluding hydrogens is 182 g/mol. The van der Waals surface area contributed by atoms with Crippen molar-refractivity contribution in [3.05, 3.63) is 47.5 Å². The van der Waals surface area contributed by atoms with Gasteiger partial charge in [-0.1, -0.05) is 50.8 Å². The fourth-order valence-corrected chi connectivity index (χ4v) is 1.72. The van der Waals surface area contributed by atoms with Gasteiger partial charge in [0, 0.05) is 11.3 Å². The highest BCUT2D eigenvalue weighted by Gasteiger charge is 2.08. The maximum atomic E-state index is 5.79. The molecule has 1 heteroatoms. The molecule has 0 amide bonds. The Morgan fingerprint density at radius 1 is 1.40 bits per heavy atom. The fraction of sp³-hybridized carbons (Fsp3) is 0.286. The minimum Gasteiger partial charge on any atom is -0.399 e. The molecule has 0 atom stereocenters. The van der Waals surface area contributed by atoms with E-state index in [-0.39, 0.29) is 0 Å². The van der Waals surface area contributed by atoms with Crippen LogP contribution < -0.4 is 5.73 Å². The van der Waals surface area contributed by atoms with Crippen molar-refractivity contribution in [2.75, 3.05) is 0 Å². The van der Waals surface area contributed by atoms with Gasteiger partial charge < -0.3 is 5.73 Å². The van der Waals surface area contributed by atoms with Gasteiger partial charge in [-0.3, -0.25) is 0 Å². The van der Waals surface area contributed by atoms with Crippen LogP contribution in [-0.2, 0) is 0 Å². The monoisotopic (exact) mass is 201 g/mol. The van der Waals surface area contributed by atoms with Crippen molar-refractivity contribution in [3.63, 3.8) is 0 Å². The van der Waals surface area contributed by atoms with Crippen molar-refractivity contribution < 1.29 is 0 Å². The second kappa shape index (κ2) is 4.83. The molecule has 0 heterocycles. The van der Waals surface area contributed by atoms with E-state index in [1.54, 1.807) is 0 Å². The normalized spacial score (nSPS) is 11.2. The lowest BCUT2D eigenvalue weighted by Gasteiger charge is -2.14. The molecule has 0 spiro atoms. The molecule has 1 nitrogen and oxygen atoms in total. The molecule has 0 saturated carbocycles. The Morgan fingerprint density at radius 2 is 2.07 bits per heavy atom. The zero-order valence-electron chi connectivity index (χ0n) is 9.75. The number of nitrogens with two attached hydrogens (primary N) is 1. The van der Waals surface area contributed by atoms with Crippen LogP contribution in [0.15, 0.2) is 30.9 Å². The van der Waals surface area contributed by atoms with Gasteiger partial charge in [0.2, 0.25) is 0 Å². The van der Waals surface area contributed by atoms with E-state index in [2.05, 4.69) is 32.6 Å². The first kappa shape index (κ1) is 11.6. The van der Waals surface area contributed by atoms with Gasteiger partial charge in [-0.15, -0.1) is 0 Å². The average molecular weight is 201 g/mol. The van der Waals surface area contributed by atoms with Crippen molar-refractivity contribution >= 4 is 11.8 Å². The van der Waals surface area contributed by atoms with E-state index < -0.39 is 0 Å². The van der Waals surface area contributed by atoms with E-state index in [0.717, 1.165) is 5.56 Å². The van der Waals surface area contributed by atoms with Crippen LogP contribution in [0.2, 0.25) is 0 Å². The second-order valence-electron chi connectivity index (χ2n) is 3.99. The van der Waals surface area contributed by atoms with E-state index in [1.807, 2.05) is 25.1 Å². The number of benzene rings is 1. The van der Waals surface area contributed by atoms with Crippen LogP contribution in [0.4, 0.5) is 0 Å². The summed E-state index contributed by atoms with van der Waals surface area (Å²) in [6.07, 6.45) is 4.14. The van der Waals surface area contributed by atoms with Crippen LogP contribution in [0.5, 0.6) is 0 Å². The predicted molar refractivity (Wildman–Crippen MR) is 68.5 cm³/mol. The topological polar surface area (TPSA) is 26.0 Å². The third kappa shape index (κ3) is 2.50. The minimum atomic E-state index is 0.496. The number of rotatable bonds is 3. The first-order valence-electron chi connectivity index (χ1n) is 5.28. The SMILES string of the molecule is C=C(N)c1cccc(C(C)C)c1/C=C\C. The Balaban J connectivity index is 3.41. The van der Waals surface area contributed by atoms with Gasteiger partial charge >= 0.3 is 0 Å². The van der Waals surface area contributed by atoms with Gasteiger partial charge in [-0.2, -0.15) is 0 Å². The van der Waals surface area contributed by atoms with Gasteiger partial charge in [-0.05, 0) is 24.0 Å². The molecule has 2 N–H and O–H groups in total. The highest BCUT2D eigenvalue weighted by atomic mass is 14.6. The molecule has 0 aliphatic carbocycles. The van der Waals surface area contributed by atoms with Crippen LogP contribution in [0.25, 0.3) is 11.8 Å². The van der Waals surface area contributed by atoms with E-state index in [1.165, 1.54) is 11.1 Å². The largest absolute Gasteiger partial charge is 0.399 e. The molecule has 0 aliphatic rings. The molecule has 0 unspecified atom stereocenters. The zero-order valence-corrected chi connectivity index (χ0v) is 9.75. The summed E-state index contributed by atoms with van der Waals surface area (Å²) in [5.74, 6) is 0.496. The van der Waals surface area contributed by atoms with Gasteiger partial charge in [0.1, 0.15) is 0 Å². The Bertz CT molecular complexity index is 386. The molecule has 1 aromatic carbocycles. The van der Waals surface area contributed by atoms with Crippen LogP contribution >= 0.6 is 0 Å². The third-order valence-electron chi connectivity index (χ3n) is 2.44. The Hall–Kier alpha value is -1.50. The molecule has 0 fully saturated rings. The lowest BCUT2D eigenvalue weighted by Crippen LogP contribution is -2.01. The molecule has 0 radical (unpaired) electrons. The second-order valence-corrected chi connectivity index (χ2v) is 3.99. The molecule has 80 valence electrons. The van der Waals surface area contributed by atoms with Gasteiger partial charge in [0.05, 0.1) is 0 Å². The lowest BCUT2D eigenvalue weighted by atomic mass is 9.92. The summed E-state index contributed by atoms with van der Waals surface area (Å²) in [6.45, 7) is 10.2.